The Hall–Kier alpha value is -1.27. The maximum atomic E-state index is 12.0. The lowest BCUT2D eigenvalue weighted by Crippen LogP contribution is -2.34. The van der Waals surface area contributed by atoms with Gasteiger partial charge in [0.05, 0.1) is 21.9 Å². The van der Waals surface area contributed by atoms with Crippen LogP contribution in [0.15, 0.2) is 24.7 Å². The van der Waals surface area contributed by atoms with Gasteiger partial charge in [-0.05, 0) is 39.3 Å². The van der Waals surface area contributed by atoms with E-state index in [2.05, 4.69) is 14.8 Å². The lowest BCUT2D eigenvalue weighted by molar-refractivity contribution is 0.615. The summed E-state index contributed by atoms with van der Waals surface area (Å²) in [4.78, 5) is 4.19. The van der Waals surface area contributed by atoms with Crippen molar-refractivity contribution in [2.24, 2.45) is 0 Å². The molecule has 0 unspecified atom stereocenters. The van der Waals surface area contributed by atoms with E-state index in [1.165, 1.54) is 0 Å². The fraction of sp³-hybridized carbons (Fsp3) is 0.500. The summed E-state index contributed by atoms with van der Waals surface area (Å²) in [5, 5.41) is 4.25. The van der Waals surface area contributed by atoms with Crippen LogP contribution in [0.25, 0.3) is 5.65 Å². The van der Waals surface area contributed by atoms with E-state index in [1.54, 1.807) is 23.1 Å². The van der Waals surface area contributed by atoms with E-state index >= 15 is 0 Å². The molecule has 0 radical (unpaired) electrons. The molecule has 0 aliphatic rings. The highest BCUT2D eigenvalue weighted by Crippen LogP contribution is 2.17. The fourth-order valence-electron chi connectivity index (χ4n) is 1.47. The van der Waals surface area contributed by atoms with Gasteiger partial charge in [-0.2, -0.15) is 5.10 Å². The predicted octanol–water partition coefficient (Wildman–Crippen LogP) is 1.84. The molecule has 2 atom stereocenters. The monoisotopic (exact) mass is 266 g/mol. The van der Waals surface area contributed by atoms with Crippen LogP contribution < -0.4 is 4.72 Å². The van der Waals surface area contributed by atoms with Gasteiger partial charge in [0.2, 0.25) is 0 Å². The molecule has 0 aromatic carbocycles. The molecule has 18 heavy (non-hydrogen) atoms. The summed E-state index contributed by atoms with van der Waals surface area (Å²) in [6.07, 6.45) is 5.27. The first-order valence-corrected chi connectivity index (χ1v) is 7.00. The quantitative estimate of drug-likeness (QED) is 0.922. The minimum absolute atomic E-state index is 0.0285. The van der Waals surface area contributed by atoms with Crippen LogP contribution in [0.2, 0.25) is 0 Å². The van der Waals surface area contributed by atoms with Crippen molar-refractivity contribution in [2.75, 3.05) is 0 Å². The maximum Gasteiger partial charge on any atom is 0.153 e. The third kappa shape index (κ3) is 2.76. The molecule has 0 aliphatic carbocycles. The molecule has 0 saturated carbocycles. The first-order chi connectivity index (χ1) is 8.38. The summed E-state index contributed by atoms with van der Waals surface area (Å²) in [5.41, 5.74) is 1.77. The van der Waals surface area contributed by atoms with Gasteiger partial charge in [0, 0.05) is 18.4 Å². The fourth-order valence-corrected chi connectivity index (χ4v) is 2.28. The molecule has 0 spiro atoms. The van der Waals surface area contributed by atoms with Crippen molar-refractivity contribution in [1.82, 2.24) is 19.3 Å². The van der Waals surface area contributed by atoms with Crippen LogP contribution in [-0.4, -0.2) is 23.6 Å². The maximum absolute atomic E-state index is 12.0. The normalized spacial score (nSPS) is 15.8. The molecule has 6 heteroatoms. The molecule has 2 aromatic rings. The Balaban J connectivity index is 2.18. The van der Waals surface area contributed by atoms with E-state index in [0.717, 1.165) is 11.2 Å². The van der Waals surface area contributed by atoms with Crippen LogP contribution in [-0.2, 0) is 11.0 Å². The molecular formula is C12H18N4OS. The Kier molecular flexibility index (Phi) is 3.49. The summed E-state index contributed by atoms with van der Waals surface area (Å²) in [6, 6.07) is 1.92. The highest BCUT2D eigenvalue weighted by atomic mass is 32.2. The van der Waals surface area contributed by atoms with Crippen molar-refractivity contribution < 1.29 is 4.21 Å². The number of nitrogens with one attached hydrogen (secondary N) is 1. The van der Waals surface area contributed by atoms with Crippen LogP contribution in [0.3, 0.4) is 0 Å². The SMILES string of the molecule is C[C@@H](N[S@@](=O)C(C)(C)C)c1cnn2ccnc2c1. The predicted molar refractivity (Wildman–Crippen MR) is 72.4 cm³/mol. The van der Waals surface area contributed by atoms with E-state index in [4.69, 9.17) is 0 Å². The van der Waals surface area contributed by atoms with Crippen molar-refractivity contribution >= 4 is 16.6 Å². The van der Waals surface area contributed by atoms with Crippen LogP contribution in [0.4, 0.5) is 0 Å². The second-order valence-electron chi connectivity index (χ2n) is 5.24. The Morgan fingerprint density at radius 1 is 1.44 bits per heavy atom. The average molecular weight is 266 g/mol. The summed E-state index contributed by atoms with van der Waals surface area (Å²) < 4.78 is 16.5. The number of aromatic nitrogens is 3. The molecule has 0 aliphatic heterocycles. The molecule has 0 fully saturated rings. The smallest absolute Gasteiger partial charge is 0.153 e. The number of hydrogen-bond acceptors (Lipinski definition) is 3. The number of nitrogens with zero attached hydrogens (tertiary/aromatic N) is 3. The Morgan fingerprint density at radius 3 is 2.83 bits per heavy atom. The molecule has 98 valence electrons. The van der Waals surface area contributed by atoms with Gasteiger partial charge in [0.1, 0.15) is 0 Å². The Bertz CT molecular complexity index is 573. The zero-order chi connectivity index (χ0) is 13.3. The van der Waals surface area contributed by atoms with Crippen LogP contribution in [0, 0.1) is 0 Å². The second kappa shape index (κ2) is 4.78. The number of fused-ring (bicyclic) bond motifs is 1. The van der Waals surface area contributed by atoms with E-state index < -0.39 is 11.0 Å². The van der Waals surface area contributed by atoms with Crippen molar-refractivity contribution in [3.63, 3.8) is 0 Å². The molecule has 0 bridgehead atoms. The van der Waals surface area contributed by atoms with Crippen LogP contribution in [0.1, 0.15) is 39.3 Å². The minimum Gasteiger partial charge on any atom is -0.242 e. The first kappa shape index (κ1) is 13.2. The molecule has 5 nitrogen and oxygen atoms in total. The van der Waals surface area contributed by atoms with Gasteiger partial charge in [-0.3, -0.25) is 0 Å². The zero-order valence-electron chi connectivity index (χ0n) is 11.0. The van der Waals surface area contributed by atoms with E-state index in [-0.39, 0.29) is 10.8 Å². The van der Waals surface area contributed by atoms with Crippen molar-refractivity contribution in [3.8, 4) is 0 Å². The lowest BCUT2D eigenvalue weighted by atomic mass is 10.2. The first-order valence-electron chi connectivity index (χ1n) is 5.85. The summed E-state index contributed by atoms with van der Waals surface area (Å²) in [7, 11) is -1.10. The van der Waals surface area contributed by atoms with Crippen molar-refractivity contribution in [3.05, 3.63) is 30.2 Å². The summed E-state index contributed by atoms with van der Waals surface area (Å²) in [5.74, 6) is 0. The summed E-state index contributed by atoms with van der Waals surface area (Å²) in [6.45, 7) is 7.80. The van der Waals surface area contributed by atoms with Gasteiger partial charge in [-0.1, -0.05) is 0 Å². The van der Waals surface area contributed by atoms with Crippen molar-refractivity contribution in [2.45, 2.75) is 38.5 Å². The number of rotatable bonds is 3. The largest absolute Gasteiger partial charge is 0.242 e. The highest BCUT2D eigenvalue weighted by molar-refractivity contribution is 7.84. The van der Waals surface area contributed by atoms with Crippen LogP contribution >= 0.6 is 0 Å². The standard InChI is InChI=1S/C12H18N4OS/c1-9(15-18(17)12(2,3)4)10-7-11-13-5-6-16(11)14-8-10/h5-9,15H,1-4H3/t9-,18+/m1/s1. The van der Waals surface area contributed by atoms with Gasteiger partial charge < -0.3 is 0 Å². The van der Waals surface area contributed by atoms with Gasteiger partial charge >= 0.3 is 0 Å². The van der Waals surface area contributed by atoms with Gasteiger partial charge in [0.15, 0.2) is 5.65 Å². The third-order valence-corrected chi connectivity index (χ3v) is 4.30. The second-order valence-corrected chi connectivity index (χ2v) is 7.24. The van der Waals surface area contributed by atoms with Gasteiger partial charge in [0.25, 0.3) is 0 Å². The van der Waals surface area contributed by atoms with Gasteiger partial charge in [-0.15, -0.1) is 0 Å². The van der Waals surface area contributed by atoms with Crippen LogP contribution in [0.5, 0.6) is 0 Å². The third-order valence-electron chi connectivity index (χ3n) is 2.62. The Morgan fingerprint density at radius 2 is 2.17 bits per heavy atom. The summed E-state index contributed by atoms with van der Waals surface area (Å²) >= 11 is 0. The van der Waals surface area contributed by atoms with E-state index in [0.29, 0.717) is 0 Å². The molecule has 0 amide bonds. The van der Waals surface area contributed by atoms with Crippen molar-refractivity contribution in [1.29, 1.82) is 0 Å². The Labute approximate surface area is 109 Å². The molecule has 0 saturated heterocycles. The zero-order valence-corrected chi connectivity index (χ0v) is 11.9. The lowest BCUT2D eigenvalue weighted by Gasteiger charge is -2.21. The average Bonchev–Trinajstić information content (AvgIpc) is 2.74. The highest BCUT2D eigenvalue weighted by Gasteiger charge is 2.21. The molecular weight excluding hydrogens is 248 g/mol. The topological polar surface area (TPSA) is 59.3 Å². The van der Waals surface area contributed by atoms with Gasteiger partial charge in [-0.25, -0.2) is 18.4 Å². The molecule has 1 N–H and O–H groups in total. The molecule has 2 rings (SSSR count). The molecule has 2 heterocycles. The number of hydrogen-bond donors (Lipinski definition) is 1. The molecule has 2 aromatic heterocycles. The minimum atomic E-state index is -1.10. The van der Waals surface area contributed by atoms with E-state index in [1.807, 2.05) is 33.8 Å². The van der Waals surface area contributed by atoms with E-state index in [9.17, 15) is 4.21 Å². The number of imidazole rings is 1.